The fraction of sp³-hybridized carbons (Fsp3) is 0.500. The number of nitrogen functional groups attached to an aromatic ring is 1. The second kappa shape index (κ2) is 5.92. The number of nitrogens with one attached hydrogen (secondary N) is 1. The predicted molar refractivity (Wildman–Crippen MR) is 84.1 cm³/mol. The van der Waals surface area contributed by atoms with Gasteiger partial charge >= 0.3 is 0 Å². The number of piperazine rings is 1. The van der Waals surface area contributed by atoms with Gasteiger partial charge in [0.05, 0.1) is 0 Å². The van der Waals surface area contributed by atoms with Gasteiger partial charge in [-0.2, -0.15) is 0 Å². The Kier molecular flexibility index (Phi) is 4.47. The second-order valence-electron chi connectivity index (χ2n) is 5.00. The Morgan fingerprint density at radius 3 is 2.79 bits per heavy atom. The Balaban J connectivity index is 2.27. The zero-order chi connectivity index (χ0) is 14.0. The number of halogens is 1. The maximum atomic E-state index is 7.72. The Morgan fingerprint density at radius 2 is 2.21 bits per heavy atom. The molecular formula is C14H21BrN4. The maximum absolute atomic E-state index is 7.72. The highest BCUT2D eigenvalue weighted by atomic mass is 79.9. The summed E-state index contributed by atoms with van der Waals surface area (Å²) in [5.41, 5.74) is 7.57. The molecule has 1 unspecified atom stereocenters. The van der Waals surface area contributed by atoms with Crippen LogP contribution in [-0.4, -0.2) is 43.0 Å². The first-order valence-electron chi connectivity index (χ1n) is 6.66. The molecule has 1 fully saturated rings. The van der Waals surface area contributed by atoms with Crippen LogP contribution < -0.4 is 10.6 Å². The van der Waals surface area contributed by atoms with E-state index in [1.54, 1.807) is 0 Å². The first kappa shape index (κ1) is 14.3. The van der Waals surface area contributed by atoms with Gasteiger partial charge in [0.1, 0.15) is 5.84 Å². The first-order chi connectivity index (χ1) is 9.02. The maximum Gasteiger partial charge on any atom is 0.124 e. The van der Waals surface area contributed by atoms with Crippen molar-refractivity contribution in [3.05, 3.63) is 28.2 Å². The molecule has 1 saturated heterocycles. The van der Waals surface area contributed by atoms with E-state index in [1.807, 2.05) is 12.1 Å². The molecule has 104 valence electrons. The standard InChI is InChI=1S/C14H21BrN4/c1-3-18-6-7-19(9-10(18)2)13-8-11(15)4-5-12(13)14(16)17/h4-5,8,10H,3,6-7,9H2,1-2H3,(H3,16,17). The van der Waals surface area contributed by atoms with Crippen LogP contribution in [0.5, 0.6) is 0 Å². The van der Waals surface area contributed by atoms with E-state index in [4.69, 9.17) is 11.1 Å². The molecule has 2 rings (SSSR count). The molecule has 3 N–H and O–H groups in total. The van der Waals surface area contributed by atoms with Crippen LogP contribution in [0.25, 0.3) is 0 Å². The van der Waals surface area contributed by atoms with E-state index in [0.717, 1.165) is 41.9 Å². The predicted octanol–water partition coefficient (Wildman–Crippen LogP) is 2.26. The Bertz CT molecular complexity index is 475. The van der Waals surface area contributed by atoms with Crippen molar-refractivity contribution < 1.29 is 0 Å². The molecule has 0 spiro atoms. The van der Waals surface area contributed by atoms with E-state index in [2.05, 4.69) is 45.6 Å². The fourth-order valence-corrected chi connectivity index (χ4v) is 3.03. The third kappa shape index (κ3) is 3.09. The molecule has 0 bridgehead atoms. The van der Waals surface area contributed by atoms with Crippen LogP contribution in [0.3, 0.4) is 0 Å². The summed E-state index contributed by atoms with van der Waals surface area (Å²) in [5.74, 6) is 0.132. The Morgan fingerprint density at radius 1 is 1.47 bits per heavy atom. The smallest absolute Gasteiger partial charge is 0.124 e. The third-order valence-corrected chi connectivity index (χ3v) is 4.26. The van der Waals surface area contributed by atoms with Crippen LogP contribution in [0.2, 0.25) is 0 Å². The molecule has 4 nitrogen and oxygen atoms in total. The molecule has 1 aliphatic rings. The number of hydrogen-bond donors (Lipinski definition) is 2. The summed E-state index contributed by atoms with van der Waals surface area (Å²) in [6.45, 7) is 8.56. The molecule has 1 atom stereocenters. The van der Waals surface area contributed by atoms with Crippen LogP contribution in [0.15, 0.2) is 22.7 Å². The molecule has 1 aromatic carbocycles. The molecule has 0 saturated carbocycles. The summed E-state index contributed by atoms with van der Waals surface area (Å²) in [5, 5.41) is 7.72. The highest BCUT2D eigenvalue weighted by Crippen LogP contribution is 2.27. The van der Waals surface area contributed by atoms with Gasteiger partial charge in [0.2, 0.25) is 0 Å². The molecular weight excluding hydrogens is 304 g/mol. The van der Waals surface area contributed by atoms with E-state index in [0.29, 0.717) is 6.04 Å². The van der Waals surface area contributed by atoms with Gasteiger partial charge in [-0.25, -0.2) is 0 Å². The number of likely N-dealkylation sites (N-methyl/N-ethyl adjacent to an activating group) is 1. The van der Waals surface area contributed by atoms with Crippen LogP contribution in [0.4, 0.5) is 5.69 Å². The third-order valence-electron chi connectivity index (χ3n) is 3.76. The van der Waals surface area contributed by atoms with Gasteiger partial charge in [-0.3, -0.25) is 10.3 Å². The average molecular weight is 325 g/mol. The zero-order valence-corrected chi connectivity index (χ0v) is 13.1. The average Bonchev–Trinajstić information content (AvgIpc) is 2.38. The van der Waals surface area contributed by atoms with Gasteiger partial charge in [0.25, 0.3) is 0 Å². The molecule has 0 radical (unpaired) electrons. The van der Waals surface area contributed by atoms with Crippen molar-refractivity contribution in [1.29, 1.82) is 5.41 Å². The number of rotatable bonds is 3. The second-order valence-corrected chi connectivity index (χ2v) is 5.91. The molecule has 1 aromatic rings. The van der Waals surface area contributed by atoms with Crippen molar-refractivity contribution in [2.45, 2.75) is 19.9 Å². The minimum atomic E-state index is 0.132. The molecule has 1 heterocycles. The van der Waals surface area contributed by atoms with Gasteiger partial charge < -0.3 is 10.6 Å². The summed E-state index contributed by atoms with van der Waals surface area (Å²) in [6.07, 6.45) is 0. The monoisotopic (exact) mass is 324 g/mol. The lowest BCUT2D eigenvalue weighted by molar-refractivity contribution is 0.199. The topological polar surface area (TPSA) is 56.4 Å². The first-order valence-corrected chi connectivity index (χ1v) is 7.45. The summed E-state index contributed by atoms with van der Waals surface area (Å²) in [7, 11) is 0. The molecule has 19 heavy (non-hydrogen) atoms. The van der Waals surface area contributed by atoms with Crippen LogP contribution in [-0.2, 0) is 0 Å². The van der Waals surface area contributed by atoms with Crippen molar-refractivity contribution in [1.82, 2.24) is 4.90 Å². The van der Waals surface area contributed by atoms with E-state index in [9.17, 15) is 0 Å². The number of nitrogens with two attached hydrogens (primary N) is 1. The summed E-state index contributed by atoms with van der Waals surface area (Å²) in [4.78, 5) is 4.81. The molecule has 0 amide bonds. The lowest BCUT2D eigenvalue weighted by Gasteiger charge is -2.41. The van der Waals surface area contributed by atoms with E-state index < -0.39 is 0 Å². The van der Waals surface area contributed by atoms with Gasteiger partial charge in [0, 0.05) is 41.4 Å². The van der Waals surface area contributed by atoms with E-state index in [1.165, 1.54) is 0 Å². The number of nitrogens with zero attached hydrogens (tertiary/aromatic N) is 2. The molecule has 5 heteroatoms. The normalized spacial score (nSPS) is 20.6. The molecule has 0 aromatic heterocycles. The fourth-order valence-electron chi connectivity index (χ4n) is 2.68. The van der Waals surface area contributed by atoms with E-state index in [-0.39, 0.29) is 5.84 Å². The van der Waals surface area contributed by atoms with Gasteiger partial charge in [-0.1, -0.05) is 22.9 Å². The van der Waals surface area contributed by atoms with Crippen molar-refractivity contribution in [3.63, 3.8) is 0 Å². The SMILES string of the molecule is CCN1CCN(c2cc(Br)ccc2C(=N)N)CC1C. The zero-order valence-electron chi connectivity index (χ0n) is 11.5. The Labute approximate surface area is 123 Å². The lowest BCUT2D eigenvalue weighted by atomic mass is 10.1. The number of amidine groups is 1. The number of hydrogen-bond acceptors (Lipinski definition) is 3. The quantitative estimate of drug-likeness (QED) is 0.662. The minimum absolute atomic E-state index is 0.132. The largest absolute Gasteiger partial charge is 0.384 e. The van der Waals surface area contributed by atoms with Gasteiger partial charge in [-0.15, -0.1) is 0 Å². The Hall–Kier alpha value is -1.07. The summed E-state index contributed by atoms with van der Waals surface area (Å²) >= 11 is 3.50. The molecule has 0 aliphatic carbocycles. The van der Waals surface area contributed by atoms with Crippen molar-refractivity contribution in [2.24, 2.45) is 5.73 Å². The highest BCUT2D eigenvalue weighted by Gasteiger charge is 2.24. The van der Waals surface area contributed by atoms with Gasteiger partial charge in [-0.05, 0) is 31.7 Å². The molecule has 1 aliphatic heterocycles. The van der Waals surface area contributed by atoms with E-state index >= 15 is 0 Å². The van der Waals surface area contributed by atoms with Crippen LogP contribution >= 0.6 is 15.9 Å². The summed E-state index contributed by atoms with van der Waals surface area (Å²) in [6, 6.07) is 6.44. The number of anilines is 1. The van der Waals surface area contributed by atoms with Crippen molar-refractivity contribution in [3.8, 4) is 0 Å². The number of benzene rings is 1. The van der Waals surface area contributed by atoms with Crippen molar-refractivity contribution >= 4 is 27.5 Å². The van der Waals surface area contributed by atoms with Crippen LogP contribution in [0, 0.1) is 5.41 Å². The lowest BCUT2D eigenvalue weighted by Crippen LogP contribution is -2.52. The minimum Gasteiger partial charge on any atom is -0.384 e. The van der Waals surface area contributed by atoms with Crippen molar-refractivity contribution in [2.75, 3.05) is 31.1 Å². The van der Waals surface area contributed by atoms with Crippen LogP contribution in [0.1, 0.15) is 19.4 Å². The van der Waals surface area contributed by atoms with Gasteiger partial charge in [0.15, 0.2) is 0 Å². The summed E-state index contributed by atoms with van der Waals surface area (Å²) < 4.78 is 1.03. The highest BCUT2D eigenvalue weighted by molar-refractivity contribution is 9.10.